The Kier molecular flexibility index (Phi) is 6.24. The van der Waals surface area contributed by atoms with E-state index in [1.807, 2.05) is 6.07 Å². The Morgan fingerprint density at radius 1 is 1.04 bits per heavy atom. The van der Waals surface area contributed by atoms with E-state index in [4.69, 9.17) is 44.3 Å². The SMILES string of the molecule is COc1cc2c(cc1OC)C(CCc1ccc(Cl)c(Cl)c1Cl)N(C)CC2. The highest BCUT2D eigenvalue weighted by Gasteiger charge is 2.27. The third-order valence-electron chi connectivity index (χ3n) is 5.07. The average molecular weight is 415 g/mol. The van der Waals surface area contributed by atoms with Crippen molar-refractivity contribution in [3.8, 4) is 11.5 Å². The van der Waals surface area contributed by atoms with Crippen LogP contribution in [0.25, 0.3) is 0 Å². The molecule has 0 saturated carbocycles. The van der Waals surface area contributed by atoms with Gasteiger partial charge in [-0.1, -0.05) is 40.9 Å². The second-order valence-electron chi connectivity index (χ2n) is 6.53. The summed E-state index contributed by atoms with van der Waals surface area (Å²) in [5.74, 6) is 1.54. The van der Waals surface area contributed by atoms with Gasteiger partial charge in [0.05, 0.1) is 29.3 Å². The van der Waals surface area contributed by atoms with Crippen molar-refractivity contribution in [1.29, 1.82) is 0 Å². The Hall–Kier alpha value is -1.13. The fourth-order valence-corrected chi connectivity index (χ4v) is 4.23. The van der Waals surface area contributed by atoms with Crippen LogP contribution in [0.5, 0.6) is 11.5 Å². The Balaban J connectivity index is 1.88. The number of methoxy groups -OCH3 is 2. The topological polar surface area (TPSA) is 21.7 Å². The number of likely N-dealkylation sites (N-methyl/N-ethyl adjacent to an activating group) is 1. The minimum absolute atomic E-state index is 0.282. The highest BCUT2D eigenvalue weighted by molar-refractivity contribution is 6.48. The lowest BCUT2D eigenvalue weighted by Gasteiger charge is -2.35. The quantitative estimate of drug-likeness (QED) is 0.575. The molecule has 1 aliphatic heterocycles. The predicted octanol–water partition coefficient (Wildman–Crippen LogP) is 5.83. The van der Waals surface area contributed by atoms with Gasteiger partial charge in [-0.15, -0.1) is 0 Å². The Bertz CT molecular complexity index is 810. The van der Waals surface area contributed by atoms with Crippen LogP contribution in [0.15, 0.2) is 24.3 Å². The fraction of sp³-hybridized carbons (Fsp3) is 0.400. The van der Waals surface area contributed by atoms with Gasteiger partial charge in [0.25, 0.3) is 0 Å². The van der Waals surface area contributed by atoms with Crippen molar-refractivity contribution in [2.24, 2.45) is 0 Å². The van der Waals surface area contributed by atoms with Crippen molar-refractivity contribution in [3.63, 3.8) is 0 Å². The number of rotatable bonds is 5. The summed E-state index contributed by atoms with van der Waals surface area (Å²) in [7, 11) is 5.49. The molecule has 0 spiro atoms. The lowest BCUT2D eigenvalue weighted by Crippen LogP contribution is -2.32. The normalized spacial score (nSPS) is 17.1. The summed E-state index contributed by atoms with van der Waals surface area (Å²) in [6, 6.07) is 8.24. The largest absolute Gasteiger partial charge is 0.493 e. The first-order valence-electron chi connectivity index (χ1n) is 8.53. The molecule has 6 heteroatoms. The molecule has 3 rings (SSSR count). The summed E-state index contributed by atoms with van der Waals surface area (Å²) < 4.78 is 11.0. The molecule has 26 heavy (non-hydrogen) atoms. The molecule has 0 N–H and O–H groups in total. The zero-order chi connectivity index (χ0) is 18.8. The van der Waals surface area contributed by atoms with E-state index in [1.54, 1.807) is 20.3 Å². The molecule has 0 fully saturated rings. The molecule has 0 saturated heterocycles. The van der Waals surface area contributed by atoms with Crippen LogP contribution in [0, 0.1) is 0 Å². The van der Waals surface area contributed by atoms with Crippen LogP contribution in [0.1, 0.15) is 29.2 Å². The number of ether oxygens (including phenoxy) is 2. The van der Waals surface area contributed by atoms with Crippen molar-refractivity contribution >= 4 is 34.8 Å². The smallest absolute Gasteiger partial charge is 0.161 e. The molecule has 1 heterocycles. The maximum atomic E-state index is 6.37. The van der Waals surface area contributed by atoms with E-state index in [0.717, 1.165) is 42.9 Å². The second-order valence-corrected chi connectivity index (χ2v) is 7.69. The number of aryl methyl sites for hydroxylation is 1. The van der Waals surface area contributed by atoms with Crippen LogP contribution in [0.2, 0.25) is 15.1 Å². The third kappa shape index (κ3) is 3.77. The van der Waals surface area contributed by atoms with Gasteiger partial charge >= 0.3 is 0 Å². The summed E-state index contributed by atoms with van der Waals surface area (Å²) in [5, 5.41) is 1.46. The summed E-state index contributed by atoms with van der Waals surface area (Å²) in [6.45, 7) is 1.00. The van der Waals surface area contributed by atoms with Crippen LogP contribution in [0.3, 0.4) is 0 Å². The molecule has 0 aliphatic carbocycles. The number of fused-ring (bicyclic) bond motifs is 1. The lowest BCUT2D eigenvalue weighted by atomic mass is 9.89. The second kappa shape index (κ2) is 8.26. The van der Waals surface area contributed by atoms with E-state index in [0.29, 0.717) is 15.1 Å². The predicted molar refractivity (Wildman–Crippen MR) is 108 cm³/mol. The van der Waals surface area contributed by atoms with Crippen molar-refractivity contribution in [3.05, 3.63) is 56.0 Å². The molecular formula is C20H22Cl3NO2. The molecule has 2 aromatic carbocycles. The Labute approximate surface area is 169 Å². The molecule has 1 aliphatic rings. The maximum Gasteiger partial charge on any atom is 0.161 e. The van der Waals surface area contributed by atoms with Gasteiger partial charge in [-0.05, 0) is 61.2 Å². The monoisotopic (exact) mass is 413 g/mol. The van der Waals surface area contributed by atoms with E-state index >= 15 is 0 Å². The average Bonchev–Trinajstić information content (AvgIpc) is 2.65. The van der Waals surface area contributed by atoms with Gasteiger partial charge in [-0.3, -0.25) is 4.90 Å². The summed E-state index contributed by atoms with van der Waals surface area (Å²) in [4.78, 5) is 2.37. The van der Waals surface area contributed by atoms with Crippen LogP contribution in [0.4, 0.5) is 0 Å². The zero-order valence-electron chi connectivity index (χ0n) is 15.1. The van der Waals surface area contributed by atoms with Gasteiger partial charge in [0.2, 0.25) is 0 Å². The van der Waals surface area contributed by atoms with E-state index in [1.165, 1.54) is 11.1 Å². The fourth-order valence-electron chi connectivity index (χ4n) is 3.58. The highest BCUT2D eigenvalue weighted by Crippen LogP contribution is 2.40. The number of hydrogen-bond donors (Lipinski definition) is 0. The first kappa shape index (κ1) is 19.6. The van der Waals surface area contributed by atoms with Gasteiger partial charge in [0, 0.05) is 12.6 Å². The molecule has 1 unspecified atom stereocenters. The number of benzene rings is 2. The minimum atomic E-state index is 0.282. The maximum absolute atomic E-state index is 6.37. The molecule has 0 amide bonds. The summed E-state index contributed by atoms with van der Waals surface area (Å²) in [5.41, 5.74) is 3.61. The van der Waals surface area contributed by atoms with E-state index in [2.05, 4.69) is 24.1 Å². The van der Waals surface area contributed by atoms with Crippen LogP contribution >= 0.6 is 34.8 Å². The first-order valence-corrected chi connectivity index (χ1v) is 9.67. The van der Waals surface area contributed by atoms with Crippen LogP contribution in [-0.4, -0.2) is 32.7 Å². The van der Waals surface area contributed by atoms with Crippen molar-refractivity contribution in [1.82, 2.24) is 4.90 Å². The highest BCUT2D eigenvalue weighted by atomic mass is 35.5. The van der Waals surface area contributed by atoms with Gasteiger partial charge in [-0.2, -0.15) is 0 Å². The zero-order valence-corrected chi connectivity index (χ0v) is 17.4. The number of halogens is 3. The molecular weight excluding hydrogens is 393 g/mol. The standard InChI is InChI=1S/C20H22Cl3NO2/c1-24-9-8-13-10-17(25-2)18(26-3)11-14(13)16(24)7-5-12-4-6-15(21)20(23)19(12)22/h4,6,10-11,16H,5,7-9H2,1-3H3. The van der Waals surface area contributed by atoms with E-state index < -0.39 is 0 Å². The molecule has 2 aromatic rings. The number of nitrogens with zero attached hydrogens (tertiary/aromatic N) is 1. The molecule has 1 atom stereocenters. The van der Waals surface area contributed by atoms with E-state index in [9.17, 15) is 0 Å². The molecule has 0 aromatic heterocycles. The van der Waals surface area contributed by atoms with Gasteiger partial charge in [0.1, 0.15) is 0 Å². The van der Waals surface area contributed by atoms with Crippen molar-refractivity contribution < 1.29 is 9.47 Å². The molecule has 0 bridgehead atoms. The van der Waals surface area contributed by atoms with Gasteiger partial charge < -0.3 is 9.47 Å². The van der Waals surface area contributed by atoms with E-state index in [-0.39, 0.29) is 6.04 Å². The van der Waals surface area contributed by atoms with Crippen molar-refractivity contribution in [2.45, 2.75) is 25.3 Å². The van der Waals surface area contributed by atoms with Crippen LogP contribution in [-0.2, 0) is 12.8 Å². The van der Waals surface area contributed by atoms with Crippen molar-refractivity contribution in [2.75, 3.05) is 27.8 Å². The molecule has 3 nitrogen and oxygen atoms in total. The number of hydrogen-bond acceptors (Lipinski definition) is 3. The lowest BCUT2D eigenvalue weighted by molar-refractivity contribution is 0.218. The summed E-state index contributed by atoms with van der Waals surface area (Å²) >= 11 is 18.6. The third-order valence-corrected chi connectivity index (χ3v) is 6.41. The minimum Gasteiger partial charge on any atom is -0.493 e. The molecule has 0 radical (unpaired) electrons. The van der Waals surface area contributed by atoms with Gasteiger partial charge in [0.15, 0.2) is 11.5 Å². The first-order chi connectivity index (χ1) is 12.5. The summed E-state index contributed by atoms with van der Waals surface area (Å²) in [6.07, 6.45) is 2.74. The Morgan fingerprint density at radius 2 is 1.73 bits per heavy atom. The van der Waals surface area contributed by atoms with Gasteiger partial charge in [-0.25, -0.2) is 0 Å². The Morgan fingerprint density at radius 3 is 2.42 bits per heavy atom. The van der Waals surface area contributed by atoms with Crippen LogP contribution < -0.4 is 9.47 Å². The molecule has 140 valence electrons.